The predicted octanol–water partition coefficient (Wildman–Crippen LogP) is 5.51. The number of carbonyl (C=O) groups excluding carboxylic acids is 1. The molecule has 1 fully saturated rings. The van der Waals surface area contributed by atoms with Crippen molar-refractivity contribution in [3.05, 3.63) is 72.1 Å². The number of benzene rings is 2. The second-order valence-corrected chi connectivity index (χ2v) is 8.33. The molecule has 5 nitrogen and oxygen atoms in total. The van der Waals surface area contributed by atoms with Crippen LogP contribution in [0.5, 0.6) is 0 Å². The van der Waals surface area contributed by atoms with Crippen LogP contribution < -0.4 is 10.6 Å². The normalized spacial score (nSPS) is 14.0. The fourth-order valence-corrected chi connectivity index (χ4v) is 3.23. The lowest BCUT2D eigenvalue weighted by molar-refractivity contribution is 0.102. The van der Waals surface area contributed by atoms with Crippen LogP contribution in [0.1, 0.15) is 55.7 Å². The topological polar surface area (TPSA) is 59.0 Å². The molecule has 0 atom stereocenters. The molecule has 2 aromatic carbocycles. The second-order valence-electron chi connectivity index (χ2n) is 8.33. The number of nitrogens with one attached hydrogen (secondary N) is 2. The highest BCUT2D eigenvalue weighted by Gasteiger charge is 2.32. The molecule has 4 rings (SSSR count). The maximum Gasteiger partial charge on any atom is 0.276 e. The molecule has 0 saturated heterocycles. The highest BCUT2D eigenvalue weighted by Crippen LogP contribution is 2.41. The van der Waals surface area contributed by atoms with Gasteiger partial charge in [0, 0.05) is 28.7 Å². The zero-order chi connectivity index (χ0) is 19.7. The van der Waals surface area contributed by atoms with Crippen LogP contribution >= 0.6 is 0 Å². The maximum atomic E-state index is 12.7. The minimum Gasteiger partial charge on any atom is -0.356 e. The van der Waals surface area contributed by atoms with Gasteiger partial charge < -0.3 is 10.6 Å². The van der Waals surface area contributed by atoms with Crippen molar-refractivity contribution in [3.8, 4) is 0 Å². The molecule has 1 aliphatic rings. The van der Waals surface area contributed by atoms with E-state index in [0.29, 0.717) is 11.6 Å². The lowest BCUT2D eigenvalue weighted by atomic mass is 10.1. The highest BCUT2D eigenvalue weighted by atomic mass is 16.2. The van der Waals surface area contributed by atoms with Gasteiger partial charge in [-0.2, -0.15) is 5.10 Å². The summed E-state index contributed by atoms with van der Waals surface area (Å²) in [7, 11) is 0. The van der Waals surface area contributed by atoms with Crippen molar-refractivity contribution >= 4 is 23.0 Å². The van der Waals surface area contributed by atoms with E-state index >= 15 is 0 Å². The van der Waals surface area contributed by atoms with Gasteiger partial charge in [0.2, 0.25) is 0 Å². The summed E-state index contributed by atoms with van der Waals surface area (Å²) in [5.74, 6) is 0.366. The third kappa shape index (κ3) is 4.09. The smallest absolute Gasteiger partial charge is 0.276 e. The molecule has 3 aromatic rings. The molecule has 0 unspecified atom stereocenters. The van der Waals surface area contributed by atoms with E-state index in [-0.39, 0.29) is 11.4 Å². The van der Waals surface area contributed by atoms with Crippen molar-refractivity contribution in [1.82, 2.24) is 9.78 Å². The minimum absolute atomic E-state index is 0.138. The quantitative estimate of drug-likeness (QED) is 0.619. The van der Waals surface area contributed by atoms with Crippen LogP contribution in [0.25, 0.3) is 0 Å². The van der Waals surface area contributed by atoms with Gasteiger partial charge >= 0.3 is 0 Å². The molecule has 0 aliphatic heterocycles. The van der Waals surface area contributed by atoms with E-state index in [4.69, 9.17) is 0 Å². The number of anilines is 3. The van der Waals surface area contributed by atoms with Crippen LogP contribution in [0.4, 0.5) is 17.1 Å². The summed E-state index contributed by atoms with van der Waals surface area (Å²) in [6.07, 6.45) is 2.36. The van der Waals surface area contributed by atoms with Crippen molar-refractivity contribution in [3.63, 3.8) is 0 Å². The standard InChI is InChI=1S/C23H26N4O/c1-23(2,3)27-21(16-9-10-16)15-20(26-27)22(28)25-19-13-11-18(12-14-19)24-17-7-5-4-6-8-17/h4-8,11-16,24H,9-10H2,1-3H3,(H,25,28). The fourth-order valence-electron chi connectivity index (χ4n) is 3.23. The molecule has 28 heavy (non-hydrogen) atoms. The highest BCUT2D eigenvalue weighted by molar-refractivity contribution is 6.03. The summed E-state index contributed by atoms with van der Waals surface area (Å²) in [5.41, 5.74) is 4.25. The first-order chi connectivity index (χ1) is 13.4. The third-order valence-corrected chi connectivity index (χ3v) is 4.81. The van der Waals surface area contributed by atoms with Crippen LogP contribution in [0.2, 0.25) is 0 Å². The van der Waals surface area contributed by atoms with Gasteiger partial charge in [-0.05, 0) is 76.1 Å². The molecule has 1 saturated carbocycles. The Morgan fingerprint density at radius 3 is 2.18 bits per heavy atom. The van der Waals surface area contributed by atoms with E-state index < -0.39 is 0 Å². The second kappa shape index (κ2) is 7.15. The van der Waals surface area contributed by atoms with Crippen LogP contribution in [0.15, 0.2) is 60.7 Å². The molecule has 2 N–H and O–H groups in total. The van der Waals surface area contributed by atoms with E-state index in [2.05, 4.69) is 36.5 Å². The molecule has 0 bridgehead atoms. The van der Waals surface area contributed by atoms with Gasteiger partial charge in [-0.1, -0.05) is 18.2 Å². The first-order valence-electron chi connectivity index (χ1n) is 9.74. The monoisotopic (exact) mass is 374 g/mol. The van der Waals surface area contributed by atoms with E-state index in [9.17, 15) is 4.79 Å². The molecule has 1 amide bonds. The number of hydrogen-bond donors (Lipinski definition) is 2. The number of carbonyl (C=O) groups is 1. The summed E-state index contributed by atoms with van der Waals surface area (Å²) in [6, 6.07) is 19.6. The van der Waals surface area contributed by atoms with Gasteiger partial charge in [0.25, 0.3) is 5.91 Å². The predicted molar refractivity (Wildman–Crippen MR) is 113 cm³/mol. The van der Waals surface area contributed by atoms with Crippen LogP contribution in [-0.2, 0) is 5.54 Å². The number of aromatic nitrogens is 2. The molecule has 144 valence electrons. The molecule has 0 radical (unpaired) electrons. The Morgan fingerprint density at radius 1 is 0.964 bits per heavy atom. The Balaban J connectivity index is 1.46. The molecule has 5 heteroatoms. The van der Waals surface area contributed by atoms with Gasteiger partial charge in [0.1, 0.15) is 0 Å². The van der Waals surface area contributed by atoms with Crippen molar-refractivity contribution in [2.75, 3.05) is 10.6 Å². The lowest BCUT2D eigenvalue weighted by Crippen LogP contribution is -2.25. The zero-order valence-electron chi connectivity index (χ0n) is 16.6. The van der Waals surface area contributed by atoms with Crippen molar-refractivity contribution < 1.29 is 4.79 Å². The number of amides is 1. The first-order valence-corrected chi connectivity index (χ1v) is 9.74. The average molecular weight is 374 g/mol. The number of para-hydroxylation sites is 1. The summed E-state index contributed by atoms with van der Waals surface area (Å²) in [4.78, 5) is 12.7. The Morgan fingerprint density at radius 2 is 1.57 bits per heavy atom. The molecule has 0 spiro atoms. The number of rotatable bonds is 5. The van der Waals surface area contributed by atoms with Crippen molar-refractivity contribution in [1.29, 1.82) is 0 Å². The zero-order valence-corrected chi connectivity index (χ0v) is 16.6. The van der Waals surface area contributed by atoms with Crippen LogP contribution in [-0.4, -0.2) is 15.7 Å². The summed E-state index contributed by atoms with van der Waals surface area (Å²) in [5, 5.41) is 10.9. The molecule has 1 aliphatic carbocycles. The Hall–Kier alpha value is -3.08. The van der Waals surface area contributed by atoms with E-state index in [0.717, 1.165) is 17.1 Å². The average Bonchev–Trinajstić information content (AvgIpc) is 3.41. The van der Waals surface area contributed by atoms with E-state index in [1.165, 1.54) is 18.5 Å². The lowest BCUT2D eigenvalue weighted by Gasteiger charge is -2.22. The Kier molecular flexibility index (Phi) is 4.67. The number of nitrogens with zero attached hydrogens (tertiary/aromatic N) is 2. The minimum atomic E-state index is -0.173. The van der Waals surface area contributed by atoms with Crippen LogP contribution in [0, 0.1) is 0 Å². The van der Waals surface area contributed by atoms with E-state index in [1.54, 1.807) is 0 Å². The first kappa shape index (κ1) is 18.3. The largest absolute Gasteiger partial charge is 0.356 e. The molecule has 1 aromatic heterocycles. The molecular weight excluding hydrogens is 348 g/mol. The van der Waals surface area contributed by atoms with E-state index in [1.807, 2.05) is 65.3 Å². The Bertz CT molecular complexity index is 964. The summed E-state index contributed by atoms with van der Waals surface area (Å²) >= 11 is 0. The van der Waals surface area contributed by atoms with Crippen LogP contribution in [0.3, 0.4) is 0 Å². The van der Waals surface area contributed by atoms with Gasteiger partial charge in [-0.3, -0.25) is 9.48 Å². The van der Waals surface area contributed by atoms with Crippen molar-refractivity contribution in [2.45, 2.75) is 45.1 Å². The fraction of sp³-hybridized carbons (Fsp3) is 0.304. The third-order valence-electron chi connectivity index (χ3n) is 4.81. The SMILES string of the molecule is CC(C)(C)n1nc(C(=O)Nc2ccc(Nc3ccccc3)cc2)cc1C1CC1. The van der Waals surface area contributed by atoms with Gasteiger partial charge in [-0.15, -0.1) is 0 Å². The maximum absolute atomic E-state index is 12.7. The Labute approximate surface area is 165 Å². The van der Waals surface area contributed by atoms with Gasteiger partial charge in [0.05, 0.1) is 5.54 Å². The van der Waals surface area contributed by atoms with Crippen molar-refractivity contribution in [2.24, 2.45) is 0 Å². The summed E-state index contributed by atoms with van der Waals surface area (Å²) in [6.45, 7) is 6.35. The number of hydrogen-bond acceptors (Lipinski definition) is 3. The molecular formula is C23H26N4O. The summed E-state index contributed by atoms with van der Waals surface area (Å²) < 4.78 is 2.01. The van der Waals surface area contributed by atoms with Gasteiger partial charge in [0.15, 0.2) is 5.69 Å². The van der Waals surface area contributed by atoms with Gasteiger partial charge in [-0.25, -0.2) is 0 Å². The molecule has 1 heterocycles.